The maximum absolute atomic E-state index is 13.6. The van der Waals surface area contributed by atoms with Crippen LogP contribution in [0.4, 0.5) is 4.79 Å². The fourth-order valence-electron chi connectivity index (χ4n) is 7.06. The van der Waals surface area contributed by atoms with Gasteiger partial charge in [-0.1, -0.05) is 0 Å². The quantitative estimate of drug-likeness (QED) is 0.498. The van der Waals surface area contributed by atoms with Crippen molar-refractivity contribution < 1.29 is 19.1 Å². The number of amides is 3. The Morgan fingerprint density at radius 1 is 1.22 bits per heavy atom. The van der Waals surface area contributed by atoms with Gasteiger partial charge < -0.3 is 21.1 Å². The Kier molecular flexibility index (Phi) is 6.33. The first-order chi connectivity index (χ1) is 17.5. The van der Waals surface area contributed by atoms with Crippen LogP contribution in [-0.2, 0) is 9.53 Å². The van der Waals surface area contributed by atoms with Gasteiger partial charge in [0.05, 0.1) is 18.3 Å². The Morgan fingerprint density at radius 2 is 1.95 bits per heavy atom. The van der Waals surface area contributed by atoms with Gasteiger partial charge in [-0.15, -0.1) is 0 Å². The SMILES string of the molecule is CC(=O)NC(C)(C)C=Cn1ncc(C(=O)NC2C3CC4CC2CC(COC(N)=O)(C4)C3)c1-n1cccn1. The first-order valence-corrected chi connectivity index (χ1v) is 12.8. The number of nitrogens with two attached hydrogens (primary N) is 1. The van der Waals surface area contributed by atoms with E-state index in [2.05, 4.69) is 20.8 Å². The fourth-order valence-corrected chi connectivity index (χ4v) is 7.06. The Labute approximate surface area is 215 Å². The van der Waals surface area contributed by atoms with Gasteiger partial charge in [-0.2, -0.15) is 10.2 Å². The third-order valence-corrected chi connectivity index (χ3v) is 8.08. The highest BCUT2D eigenvalue weighted by atomic mass is 16.5. The molecule has 4 saturated carbocycles. The summed E-state index contributed by atoms with van der Waals surface area (Å²) in [5.74, 6) is 1.47. The van der Waals surface area contributed by atoms with Crippen molar-refractivity contribution in [3.8, 4) is 5.82 Å². The minimum Gasteiger partial charge on any atom is -0.449 e. The third kappa shape index (κ3) is 5.12. The van der Waals surface area contributed by atoms with Gasteiger partial charge in [-0.3, -0.25) is 9.59 Å². The predicted molar refractivity (Wildman–Crippen MR) is 135 cm³/mol. The highest BCUT2D eigenvalue weighted by molar-refractivity contribution is 5.97. The minimum absolute atomic E-state index is 0.0244. The van der Waals surface area contributed by atoms with Crippen molar-refractivity contribution in [1.29, 1.82) is 0 Å². The Balaban J connectivity index is 1.36. The second-order valence-corrected chi connectivity index (χ2v) is 11.6. The van der Waals surface area contributed by atoms with Crippen molar-refractivity contribution in [1.82, 2.24) is 30.2 Å². The molecule has 4 aliphatic rings. The van der Waals surface area contributed by atoms with Gasteiger partial charge in [-0.05, 0) is 75.8 Å². The van der Waals surface area contributed by atoms with Crippen molar-refractivity contribution in [2.45, 2.75) is 64.5 Å². The van der Waals surface area contributed by atoms with E-state index in [0.29, 0.717) is 35.7 Å². The van der Waals surface area contributed by atoms with E-state index in [1.807, 2.05) is 19.9 Å². The van der Waals surface area contributed by atoms with Crippen molar-refractivity contribution >= 4 is 24.1 Å². The largest absolute Gasteiger partial charge is 0.449 e. The molecule has 2 aromatic rings. The van der Waals surface area contributed by atoms with E-state index in [0.717, 1.165) is 32.1 Å². The number of aromatic nitrogens is 4. The first-order valence-electron chi connectivity index (χ1n) is 12.8. The molecule has 0 saturated heterocycles. The number of hydrogen-bond donors (Lipinski definition) is 3. The summed E-state index contributed by atoms with van der Waals surface area (Å²) in [7, 11) is 0. The molecular formula is C26H35N7O4. The summed E-state index contributed by atoms with van der Waals surface area (Å²) >= 11 is 0. The number of carbonyl (C=O) groups is 3. The lowest BCUT2D eigenvalue weighted by Gasteiger charge is -2.59. The van der Waals surface area contributed by atoms with Crippen molar-refractivity contribution in [2.75, 3.05) is 6.61 Å². The summed E-state index contributed by atoms with van der Waals surface area (Å²) in [4.78, 5) is 36.4. The van der Waals surface area contributed by atoms with E-state index in [9.17, 15) is 14.4 Å². The zero-order valence-corrected chi connectivity index (χ0v) is 21.5. The molecule has 2 unspecified atom stereocenters. The highest BCUT2D eigenvalue weighted by Crippen LogP contribution is 2.60. The summed E-state index contributed by atoms with van der Waals surface area (Å²) in [6.45, 7) is 5.59. The van der Waals surface area contributed by atoms with Crippen LogP contribution in [0, 0.1) is 23.2 Å². The van der Waals surface area contributed by atoms with E-state index in [4.69, 9.17) is 10.5 Å². The molecule has 0 spiro atoms. The molecule has 0 radical (unpaired) electrons. The van der Waals surface area contributed by atoms with Crippen molar-refractivity contribution in [2.24, 2.45) is 28.9 Å². The summed E-state index contributed by atoms with van der Waals surface area (Å²) in [6.07, 6.45) is 12.9. The summed E-state index contributed by atoms with van der Waals surface area (Å²) in [5, 5.41) is 15.0. The van der Waals surface area contributed by atoms with Gasteiger partial charge in [0.25, 0.3) is 5.91 Å². The molecular weight excluding hydrogens is 474 g/mol. The number of rotatable bonds is 8. The summed E-state index contributed by atoms with van der Waals surface area (Å²) in [5.41, 5.74) is 5.04. The molecule has 4 bridgehead atoms. The zero-order valence-electron chi connectivity index (χ0n) is 21.5. The van der Waals surface area contributed by atoms with Crippen LogP contribution in [0.2, 0.25) is 0 Å². The predicted octanol–water partition coefficient (Wildman–Crippen LogP) is 2.47. The zero-order chi connectivity index (χ0) is 26.4. The van der Waals surface area contributed by atoms with Crippen LogP contribution >= 0.6 is 0 Å². The van der Waals surface area contributed by atoms with Crippen LogP contribution in [-0.4, -0.2) is 55.7 Å². The maximum Gasteiger partial charge on any atom is 0.404 e. The molecule has 3 amide bonds. The maximum atomic E-state index is 13.6. The molecule has 37 heavy (non-hydrogen) atoms. The molecule has 0 aliphatic heterocycles. The van der Waals surface area contributed by atoms with Gasteiger partial charge in [0.2, 0.25) is 5.91 Å². The second kappa shape index (κ2) is 9.35. The average Bonchev–Trinajstić information content (AvgIpc) is 3.47. The molecule has 4 N–H and O–H groups in total. The monoisotopic (exact) mass is 509 g/mol. The number of hydrogen-bond acceptors (Lipinski definition) is 6. The Bertz CT molecular complexity index is 1200. The summed E-state index contributed by atoms with van der Waals surface area (Å²) < 4.78 is 8.45. The second-order valence-electron chi connectivity index (χ2n) is 11.6. The Hall–Kier alpha value is -3.63. The molecule has 4 fully saturated rings. The van der Waals surface area contributed by atoms with E-state index in [1.165, 1.54) is 6.92 Å². The van der Waals surface area contributed by atoms with Crippen LogP contribution in [0.3, 0.4) is 0 Å². The number of ether oxygens (including phenoxy) is 1. The van der Waals surface area contributed by atoms with Crippen LogP contribution in [0.5, 0.6) is 0 Å². The first kappa shape index (κ1) is 25.0. The average molecular weight is 510 g/mol. The van der Waals surface area contributed by atoms with Gasteiger partial charge in [-0.25, -0.2) is 14.2 Å². The third-order valence-electron chi connectivity index (χ3n) is 8.08. The van der Waals surface area contributed by atoms with Crippen LogP contribution in [0.15, 0.2) is 30.7 Å². The topological polar surface area (TPSA) is 146 Å². The normalized spacial score (nSPS) is 28.4. The lowest BCUT2D eigenvalue weighted by atomic mass is 9.48. The Morgan fingerprint density at radius 3 is 2.57 bits per heavy atom. The number of nitrogens with one attached hydrogen (secondary N) is 2. The van der Waals surface area contributed by atoms with E-state index >= 15 is 0 Å². The molecule has 198 valence electrons. The van der Waals surface area contributed by atoms with Crippen LogP contribution in [0.25, 0.3) is 12.0 Å². The minimum atomic E-state index is -0.724. The lowest BCUT2D eigenvalue weighted by Crippen LogP contribution is -2.60. The van der Waals surface area contributed by atoms with E-state index in [-0.39, 0.29) is 23.3 Å². The molecule has 11 nitrogen and oxygen atoms in total. The molecule has 2 heterocycles. The van der Waals surface area contributed by atoms with Crippen LogP contribution in [0.1, 0.15) is 63.2 Å². The number of carbonyl (C=O) groups excluding carboxylic acids is 3. The number of nitrogens with zero attached hydrogens (tertiary/aromatic N) is 4. The van der Waals surface area contributed by atoms with Crippen LogP contribution < -0.4 is 16.4 Å². The molecule has 11 heteroatoms. The van der Waals surface area contributed by atoms with Crippen molar-refractivity contribution in [3.05, 3.63) is 36.3 Å². The molecule has 2 aromatic heterocycles. The van der Waals surface area contributed by atoms with E-state index < -0.39 is 11.6 Å². The fraction of sp³-hybridized carbons (Fsp3) is 0.577. The van der Waals surface area contributed by atoms with E-state index in [1.54, 1.807) is 40.2 Å². The van der Waals surface area contributed by atoms with Gasteiger partial charge in [0.1, 0.15) is 5.56 Å². The molecule has 6 rings (SSSR count). The van der Waals surface area contributed by atoms with Gasteiger partial charge >= 0.3 is 6.09 Å². The number of primary amides is 1. The lowest BCUT2D eigenvalue weighted by molar-refractivity contribution is -0.120. The standard InChI is InChI=1S/C26H35N7O4/c1-16(34)31-25(2,3)5-8-33-23(32-7-4-6-28-32)20(14-29-33)22(35)30-21-18-9-17-10-19(21)13-26(11-17,12-18)15-37-24(27)36/h4-8,14,17-19,21H,9-13,15H2,1-3H3,(H2,27,36)(H,30,35)(H,31,34). The van der Waals surface area contributed by atoms with Gasteiger partial charge in [0, 0.05) is 37.0 Å². The van der Waals surface area contributed by atoms with Gasteiger partial charge in [0.15, 0.2) is 5.82 Å². The summed E-state index contributed by atoms with van der Waals surface area (Å²) in [6, 6.07) is 1.85. The molecule has 4 aliphatic carbocycles. The highest BCUT2D eigenvalue weighted by Gasteiger charge is 2.56. The molecule has 2 atom stereocenters. The van der Waals surface area contributed by atoms with Crippen molar-refractivity contribution in [3.63, 3.8) is 0 Å². The molecule has 0 aromatic carbocycles. The smallest absolute Gasteiger partial charge is 0.404 e.